The number of nitrogens with one attached hydrogen (secondary N) is 1. The van der Waals surface area contributed by atoms with Crippen LogP contribution in [0.4, 0.5) is 14.3 Å². The summed E-state index contributed by atoms with van der Waals surface area (Å²) < 4.78 is 18.3. The van der Waals surface area contributed by atoms with Crippen LogP contribution in [0.1, 0.15) is 20.8 Å². The molecule has 1 heterocycles. The third-order valence-electron chi connectivity index (χ3n) is 2.33. The Morgan fingerprint density at radius 2 is 2.14 bits per heavy atom. The normalized spacial score (nSPS) is 11.3. The molecule has 0 bridgehead atoms. The third kappa shape index (κ3) is 4.41. The summed E-state index contributed by atoms with van der Waals surface area (Å²) in [5.74, 6) is -0.484. The number of benzene rings is 1. The smallest absolute Gasteiger partial charge is 0.413 e. The van der Waals surface area contributed by atoms with Gasteiger partial charge in [-0.2, -0.15) is 0 Å². The summed E-state index contributed by atoms with van der Waals surface area (Å²) in [5, 5.41) is 4.73. The molecule has 1 aromatic carbocycles. The van der Waals surface area contributed by atoms with Gasteiger partial charge < -0.3 is 4.74 Å². The Bertz CT molecular complexity index is 667. The minimum Gasteiger partial charge on any atom is -0.444 e. The first kappa shape index (κ1) is 15.7. The molecule has 2 rings (SSSR count). The van der Waals surface area contributed by atoms with E-state index in [4.69, 9.17) is 16.3 Å². The number of rotatable bonds is 2. The minimum atomic E-state index is -0.575. The van der Waals surface area contributed by atoms with Crippen molar-refractivity contribution >= 4 is 34.2 Å². The highest BCUT2D eigenvalue weighted by atomic mass is 35.5. The van der Waals surface area contributed by atoms with Gasteiger partial charge in [-0.25, -0.2) is 14.2 Å². The topological polar surface area (TPSA) is 51.2 Å². The van der Waals surface area contributed by atoms with Gasteiger partial charge in [0.05, 0.1) is 10.7 Å². The molecule has 0 aliphatic heterocycles. The van der Waals surface area contributed by atoms with Crippen LogP contribution in [0.2, 0.25) is 5.02 Å². The molecule has 4 nitrogen and oxygen atoms in total. The average molecular weight is 329 g/mol. The van der Waals surface area contributed by atoms with E-state index >= 15 is 0 Å². The van der Waals surface area contributed by atoms with Crippen molar-refractivity contribution in [1.82, 2.24) is 4.98 Å². The lowest BCUT2D eigenvalue weighted by Gasteiger charge is -2.18. The fourth-order valence-electron chi connectivity index (χ4n) is 1.51. The van der Waals surface area contributed by atoms with Crippen LogP contribution >= 0.6 is 22.9 Å². The second-order valence-electron chi connectivity index (χ2n) is 5.29. The number of carbonyl (C=O) groups is 1. The Morgan fingerprint density at radius 3 is 2.76 bits per heavy atom. The molecule has 1 amide bonds. The first-order valence-electron chi connectivity index (χ1n) is 6.15. The largest absolute Gasteiger partial charge is 0.444 e. The number of aromatic nitrogens is 1. The molecule has 2 aromatic rings. The number of thiazole rings is 1. The van der Waals surface area contributed by atoms with Crippen LogP contribution < -0.4 is 5.32 Å². The second kappa shape index (κ2) is 5.99. The van der Waals surface area contributed by atoms with E-state index in [0.717, 1.165) is 0 Å². The molecule has 0 aliphatic carbocycles. The molecule has 1 N–H and O–H groups in total. The fourth-order valence-corrected chi connectivity index (χ4v) is 2.40. The van der Waals surface area contributed by atoms with Gasteiger partial charge in [-0.1, -0.05) is 11.6 Å². The summed E-state index contributed by atoms with van der Waals surface area (Å²) in [5.41, 5.74) is 0.706. The van der Waals surface area contributed by atoms with Gasteiger partial charge in [0.1, 0.15) is 11.4 Å². The highest BCUT2D eigenvalue weighted by Crippen LogP contribution is 2.28. The van der Waals surface area contributed by atoms with Gasteiger partial charge in [-0.15, -0.1) is 11.3 Å². The molecule has 0 unspecified atom stereocenters. The molecule has 0 saturated heterocycles. The molecule has 0 aliphatic rings. The minimum absolute atomic E-state index is 0.0298. The standard InChI is InChI=1S/C14H14ClFN2O2S/c1-14(2,3)20-13(19)18-12-17-11(7-21-12)8-4-5-10(16)9(15)6-8/h4-7H,1-3H3,(H,17,18,19). The average Bonchev–Trinajstić information content (AvgIpc) is 2.78. The zero-order chi connectivity index (χ0) is 15.6. The van der Waals surface area contributed by atoms with Crippen LogP contribution in [0.3, 0.4) is 0 Å². The maximum Gasteiger partial charge on any atom is 0.413 e. The van der Waals surface area contributed by atoms with Crippen LogP contribution in [0.5, 0.6) is 0 Å². The van der Waals surface area contributed by atoms with Gasteiger partial charge in [0, 0.05) is 10.9 Å². The number of anilines is 1. The number of halogens is 2. The van der Waals surface area contributed by atoms with Crippen LogP contribution in [-0.2, 0) is 4.74 Å². The van der Waals surface area contributed by atoms with Crippen molar-refractivity contribution in [3.63, 3.8) is 0 Å². The van der Waals surface area contributed by atoms with Gasteiger partial charge in [0.25, 0.3) is 0 Å². The molecular weight excluding hydrogens is 315 g/mol. The summed E-state index contributed by atoms with van der Waals surface area (Å²) >= 11 is 6.99. The number of ether oxygens (including phenoxy) is 1. The molecule has 7 heteroatoms. The zero-order valence-corrected chi connectivity index (χ0v) is 13.3. The Balaban J connectivity index is 2.11. The summed E-state index contributed by atoms with van der Waals surface area (Å²) in [6, 6.07) is 4.34. The molecule has 112 valence electrons. The third-order valence-corrected chi connectivity index (χ3v) is 3.37. The van der Waals surface area contributed by atoms with Crippen LogP contribution in [0.15, 0.2) is 23.6 Å². The van der Waals surface area contributed by atoms with Crippen LogP contribution in [-0.4, -0.2) is 16.7 Å². The van der Waals surface area contributed by atoms with E-state index < -0.39 is 17.5 Å². The Hall–Kier alpha value is -1.66. The fraction of sp³-hybridized carbons (Fsp3) is 0.286. The van der Waals surface area contributed by atoms with Crippen molar-refractivity contribution in [2.75, 3.05) is 5.32 Å². The molecule has 0 radical (unpaired) electrons. The molecule has 0 atom stereocenters. The maximum atomic E-state index is 13.1. The van der Waals surface area contributed by atoms with E-state index in [1.807, 2.05) is 0 Å². The van der Waals surface area contributed by atoms with Gasteiger partial charge in [0.2, 0.25) is 0 Å². The summed E-state index contributed by atoms with van der Waals surface area (Å²) in [6.07, 6.45) is -0.569. The highest BCUT2D eigenvalue weighted by molar-refractivity contribution is 7.14. The molecule has 0 saturated carbocycles. The molecule has 0 spiro atoms. The number of amides is 1. The van der Waals surface area contributed by atoms with Crippen molar-refractivity contribution in [2.45, 2.75) is 26.4 Å². The molecule has 21 heavy (non-hydrogen) atoms. The van der Waals surface area contributed by atoms with Gasteiger partial charge in [-0.3, -0.25) is 5.32 Å². The van der Waals surface area contributed by atoms with Gasteiger partial charge >= 0.3 is 6.09 Å². The van der Waals surface area contributed by atoms with Crippen molar-refractivity contribution < 1.29 is 13.9 Å². The van der Waals surface area contributed by atoms with E-state index in [1.165, 1.54) is 23.5 Å². The van der Waals surface area contributed by atoms with E-state index in [9.17, 15) is 9.18 Å². The van der Waals surface area contributed by atoms with Crippen molar-refractivity contribution in [3.8, 4) is 11.3 Å². The molecule has 1 aromatic heterocycles. The Kier molecular flexibility index (Phi) is 4.49. The van der Waals surface area contributed by atoms with Crippen molar-refractivity contribution in [3.05, 3.63) is 34.4 Å². The lowest BCUT2D eigenvalue weighted by molar-refractivity contribution is 0.0636. The first-order valence-corrected chi connectivity index (χ1v) is 7.41. The SMILES string of the molecule is CC(C)(C)OC(=O)Nc1nc(-c2ccc(F)c(Cl)c2)cs1. The molecular formula is C14H14ClFN2O2S. The predicted octanol–water partition coefficient (Wildman–Crippen LogP) is 4.95. The molecule has 0 fully saturated rings. The van der Waals surface area contributed by atoms with E-state index in [1.54, 1.807) is 32.2 Å². The van der Waals surface area contributed by atoms with Gasteiger partial charge in [0.15, 0.2) is 5.13 Å². The van der Waals surface area contributed by atoms with Crippen molar-refractivity contribution in [2.24, 2.45) is 0 Å². The lowest BCUT2D eigenvalue weighted by Crippen LogP contribution is -2.27. The number of hydrogen-bond donors (Lipinski definition) is 1. The quantitative estimate of drug-likeness (QED) is 0.848. The summed E-state index contributed by atoms with van der Waals surface area (Å²) in [6.45, 7) is 5.33. The Morgan fingerprint density at radius 1 is 1.43 bits per heavy atom. The van der Waals surface area contributed by atoms with Gasteiger partial charge in [-0.05, 0) is 39.0 Å². The summed E-state index contributed by atoms with van der Waals surface area (Å²) in [4.78, 5) is 15.9. The highest BCUT2D eigenvalue weighted by Gasteiger charge is 2.17. The second-order valence-corrected chi connectivity index (χ2v) is 6.56. The number of nitrogens with zero attached hydrogens (tertiary/aromatic N) is 1. The number of carbonyl (C=O) groups excluding carboxylic acids is 1. The maximum absolute atomic E-state index is 13.1. The van der Waals surface area contributed by atoms with E-state index in [2.05, 4.69) is 10.3 Å². The number of hydrogen-bond acceptors (Lipinski definition) is 4. The lowest BCUT2D eigenvalue weighted by atomic mass is 10.2. The Labute approximate surface area is 130 Å². The van der Waals surface area contributed by atoms with Crippen molar-refractivity contribution in [1.29, 1.82) is 0 Å². The zero-order valence-electron chi connectivity index (χ0n) is 11.7. The summed E-state index contributed by atoms with van der Waals surface area (Å²) in [7, 11) is 0. The van der Waals surface area contributed by atoms with Crippen LogP contribution in [0.25, 0.3) is 11.3 Å². The monoisotopic (exact) mass is 328 g/mol. The van der Waals surface area contributed by atoms with E-state index in [0.29, 0.717) is 16.4 Å². The van der Waals surface area contributed by atoms with E-state index in [-0.39, 0.29) is 5.02 Å². The predicted molar refractivity (Wildman–Crippen MR) is 82.4 cm³/mol. The first-order chi connectivity index (χ1) is 9.74. The van der Waals surface area contributed by atoms with Crippen LogP contribution in [0, 0.1) is 5.82 Å².